The van der Waals surface area contributed by atoms with Gasteiger partial charge in [-0.15, -0.1) is 0 Å². The Morgan fingerprint density at radius 2 is 2.00 bits per heavy atom. The molecule has 0 aromatic heterocycles. The fourth-order valence-corrected chi connectivity index (χ4v) is 2.83. The third kappa shape index (κ3) is 6.12. The molecule has 2 atom stereocenters. The molecule has 1 aromatic carbocycles. The van der Waals surface area contributed by atoms with E-state index < -0.39 is 0 Å². The molecule has 0 bridgehead atoms. The van der Waals surface area contributed by atoms with E-state index in [4.69, 9.17) is 0 Å². The maximum atomic E-state index is 13.4. The molecule has 0 saturated carbocycles. The highest BCUT2D eigenvalue weighted by molar-refractivity contribution is 5.20. The van der Waals surface area contributed by atoms with E-state index >= 15 is 0 Å². The van der Waals surface area contributed by atoms with Gasteiger partial charge in [0.25, 0.3) is 0 Å². The van der Waals surface area contributed by atoms with Gasteiger partial charge in [0.1, 0.15) is 5.82 Å². The van der Waals surface area contributed by atoms with Gasteiger partial charge in [0, 0.05) is 25.2 Å². The summed E-state index contributed by atoms with van der Waals surface area (Å²) in [6.45, 7) is 7.56. The standard InChI is InChI=1S/C17H30FN3/c1-6-21(14(2)13-20(4)5)11-10-17(19-3)15-8-7-9-16(18)12-15/h7-9,12,14,17,19H,6,10-11,13H2,1-5H3. The van der Waals surface area contributed by atoms with Gasteiger partial charge in [0.2, 0.25) is 0 Å². The fraction of sp³-hybridized carbons (Fsp3) is 0.647. The smallest absolute Gasteiger partial charge is 0.123 e. The Morgan fingerprint density at radius 3 is 2.52 bits per heavy atom. The quantitative estimate of drug-likeness (QED) is 0.756. The molecule has 1 rings (SSSR count). The normalized spacial score (nSPS) is 14.7. The van der Waals surface area contributed by atoms with E-state index in [1.165, 1.54) is 6.07 Å². The second-order valence-electron chi connectivity index (χ2n) is 5.92. The Morgan fingerprint density at radius 1 is 1.29 bits per heavy atom. The van der Waals surface area contributed by atoms with Crippen molar-refractivity contribution in [3.8, 4) is 0 Å². The van der Waals surface area contributed by atoms with Gasteiger partial charge in [-0.3, -0.25) is 4.90 Å². The molecule has 0 aliphatic heterocycles. The molecule has 21 heavy (non-hydrogen) atoms. The van der Waals surface area contributed by atoms with Crippen molar-refractivity contribution >= 4 is 0 Å². The molecule has 0 aliphatic carbocycles. The molecule has 0 amide bonds. The number of nitrogens with one attached hydrogen (secondary N) is 1. The fourth-order valence-electron chi connectivity index (χ4n) is 2.83. The Labute approximate surface area is 129 Å². The molecule has 1 N–H and O–H groups in total. The highest BCUT2D eigenvalue weighted by Crippen LogP contribution is 2.18. The molecule has 1 aromatic rings. The SMILES string of the molecule is CCN(CCC(NC)c1cccc(F)c1)C(C)CN(C)C. The van der Waals surface area contributed by atoms with Gasteiger partial charge in [-0.1, -0.05) is 19.1 Å². The van der Waals surface area contributed by atoms with Crippen LogP contribution in [0.4, 0.5) is 4.39 Å². The maximum absolute atomic E-state index is 13.4. The lowest BCUT2D eigenvalue weighted by Crippen LogP contribution is -2.41. The van der Waals surface area contributed by atoms with E-state index in [9.17, 15) is 4.39 Å². The second kappa shape index (κ2) is 9.13. The van der Waals surface area contributed by atoms with Crippen LogP contribution in [0.25, 0.3) is 0 Å². The summed E-state index contributed by atoms with van der Waals surface area (Å²) in [5.41, 5.74) is 1.02. The van der Waals surface area contributed by atoms with E-state index in [1.54, 1.807) is 12.1 Å². The molecule has 0 saturated heterocycles. The largest absolute Gasteiger partial charge is 0.313 e. The first kappa shape index (κ1) is 18.1. The Bertz CT molecular complexity index is 409. The molecule has 2 unspecified atom stereocenters. The van der Waals surface area contributed by atoms with Crippen molar-refractivity contribution < 1.29 is 4.39 Å². The minimum Gasteiger partial charge on any atom is -0.313 e. The van der Waals surface area contributed by atoms with Crippen LogP contribution in [0.3, 0.4) is 0 Å². The average molecular weight is 295 g/mol. The maximum Gasteiger partial charge on any atom is 0.123 e. The lowest BCUT2D eigenvalue weighted by atomic mass is 10.0. The number of nitrogens with zero attached hydrogens (tertiary/aromatic N) is 2. The highest BCUT2D eigenvalue weighted by Gasteiger charge is 2.16. The molecular weight excluding hydrogens is 265 g/mol. The van der Waals surface area contributed by atoms with E-state index in [0.29, 0.717) is 6.04 Å². The average Bonchev–Trinajstić information content (AvgIpc) is 2.42. The molecule has 120 valence electrons. The minimum absolute atomic E-state index is 0.166. The van der Waals surface area contributed by atoms with E-state index in [1.807, 2.05) is 13.1 Å². The van der Waals surface area contributed by atoms with Gasteiger partial charge in [-0.25, -0.2) is 4.39 Å². The summed E-state index contributed by atoms with van der Waals surface area (Å²) in [5, 5.41) is 3.30. The van der Waals surface area contributed by atoms with Crippen molar-refractivity contribution in [2.24, 2.45) is 0 Å². The van der Waals surface area contributed by atoms with Crippen molar-refractivity contribution in [3.63, 3.8) is 0 Å². The highest BCUT2D eigenvalue weighted by atomic mass is 19.1. The molecule has 4 heteroatoms. The summed E-state index contributed by atoms with van der Waals surface area (Å²) >= 11 is 0. The zero-order valence-electron chi connectivity index (χ0n) is 14.1. The number of rotatable bonds is 9. The van der Waals surface area contributed by atoms with Gasteiger partial charge in [0.05, 0.1) is 0 Å². The van der Waals surface area contributed by atoms with Gasteiger partial charge >= 0.3 is 0 Å². The number of hydrogen-bond acceptors (Lipinski definition) is 3. The molecule has 3 nitrogen and oxygen atoms in total. The predicted octanol–water partition coefficient (Wildman–Crippen LogP) is 2.75. The van der Waals surface area contributed by atoms with Gasteiger partial charge in [-0.2, -0.15) is 0 Å². The molecule has 0 aliphatic rings. The summed E-state index contributed by atoms with van der Waals surface area (Å²) in [5.74, 6) is -0.166. The minimum atomic E-state index is -0.166. The third-order valence-corrected chi connectivity index (χ3v) is 3.96. The molecule has 0 spiro atoms. The summed E-state index contributed by atoms with van der Waals surface area (Å²) < 4.78 is 13.4. The lowest BCUT2D eigenvalue weighted by Gasteiger charge is -2.31. The molecule has 0 fully saturated rings. The van der Waals surface area contributed by atoms with Gasteiger partial charge in [0.15, 0.2) is 0 Å². The Kier molecular flexibility index (Phi) is 7.86. The number of hydrogen-bond donors (Lipinski definition) is 1. The van der Waals surface area contributed by atoms with Crippen molar-refractivity contribution in [1.82, 2.24) is 15.1 Å². The first-order valence-corrected chi connectivity index (χ1v) is 7.79. The molecule has 0 heterocycles. The van der Waals surface area contributed by atoms with Crippen LogP contribution in [0.5, 0.6) is 0 Å². The monoisotopic (exact) mass is 295 g/mol. The first-order chi connectivity index (χ1) is 9.97. The molecule has 0 radical (unpaired) electrons. The first-order valence-electron chi connectivity index (χ1n) is 7.79. The number of halogens is 1. The number of likely N-dealkylation sites (N-methyl/N-ethyl adjacent to an activating group) is 2. The zero-order chi connectivity index (χ0) is 15.8. The van der Waals surface area contributed by atoms with Crippen LogP contribution in [0.2, 0.25) is 0 Å². The van der Waals surface area contributed by atoms with Crippen LogP contribution in [0.15, 0.2) is 24.3 Å². The van der Waals surface area contributed by atoms with E-state index in [0.717, 1.165) is 31.6 Å². The van der Waals surface area contributed by atoms with Crippen LogP contribution < -0.4 is 5.32 Å². The summed E-state index contributed by atoms with van der Waals surface area (Å²) in [6, 6.07) is 7.61. The Hall–Kier alpha value is -0.970. The van der Waals surface area contributed by atoms with Gasteiger partial charge in [-0.05, 0) is 58.7 Å². The number of benzene rings is 1. The van der Waals surface area contributed by atoms with E-state index in [-0.39, 0.29) is 11.9 Å². The van der Waals surface area contributed by atoms with Crippen LogP contribution in [0, 0.1) is 5.82 Å². The van der Waals surface area contributed by atoms with Crippen LogP contribution in [-0.4, -0.2) is 56.6 Å². The molecular formula is C17H30FN3. The predicted molar refractivity (Wildman–Crippen MR) is 88.1 cm³/mol. The van der Waals surface area contributed by atoms with Crippen molar-refractivity contribution in [3.05, 3.63) is 35.6 Å². The van der Waals surface area contributed by atoms with Crippen LogP contribution in [-0.2, 0) is 0 Å². The van der Waals surface area contributed by atoms with Crippen LogP contribution in [0.1, 0.15) is 31.9 Å². The third-order valence-electron chi connectivity index (χ3n) is 3.96. The second-order valence-corrected chi connectivity index (χ2v) is 5.92. The van der Waals surface area contributed by atoms with Crippen molar-refractivity contribution in [2.45, 2.75) is 32.4 Å². The zero-order valence-corrected chi connectivity index (χ0v) is 14.1. The van der Waals surface area contributed by atoms with Crippen molar-refractivity contribution in [1.29, 1.82) is 0 Å². The van der Waals surface area contributed by atoms with Gasteiger partial charge < -0.3 is 10.2 Å². The van der Waals surface area contributed by atoms with Crippen molar-refractivity contribution in [2.75, 3.05) is 40.8 Å². The summed E-state index contributed by atoms with van der Waals surface area (Å²) in [6.07, 6.45) is 0.978. The van der Waals surface area contributed by atoms with E-state index in [2.05, 4.69) is 43.1 Å². The van der Waals surface area contributed by atoms with Crippen LogP contribution >= 0.6 is 0 Å². The summed E-state index contributed by atoms with van der Waals surface area (Å²) in [4.78, 5) is 4.69. The topological polar surface area (TPSA) is 18.5 Å². The Balaban J connectivity index is 2.60. The summed E-state index contributed by atoms with van der Waals surface area (Å²) in [7, 11) is 6.15. The lowest BCUT2D eigenvalue weighted by molar-refractivity contribution is 0.174.